The Balaban J connectivity index is 2.83. The average Bonchev–Trinajstić information content (AvgIpc) is 2.16. The molecule has 0 fully saturated rings. The van der Waals surface area contributed by atoms with Crippen LogP contribution in [0.5, 0.6) is 0 Å². The van der Waals surface area contributed by atoms with Gasteiger partial charge in [-0.05, 0) is 40.1 Å². The average molecular weight is 323 g/mol. The maximum Gasteiger partial charge on any atom is 0.417 e. The van der Waals surface area contributed by atoms with Crippen LogP contribution in [0.4, 0.5) is 13.2 Å². The third-order valence-electron chi connectivity index (χ3n) is 2.06. The van der Waals surface area contributed by atoms with Crippen molar-refractivity contribution in [1.29, 1.82) is 0 Å². The maximum absolute atomic E-state index is 12.6. The molecule has 2 rings (SSSR count). The Hall–Kier alpha value is -0.850. The Morgan fingerprint density at radius 1 is 1.07 bits per heavy atom. The lowest BCUT2D eigenvalue weighted by Gasteiger charge is -2.10. The van der Waals surface area contributed by atoms with Gasteiger partial charge in [0.25, 0.3) is 0 Å². The Kier molecular flexibility index (Phi) is 2.57. The molecule has 0 saturated heterocycles. The summed E-state index contributed by atoms with van der Waals surface area (Å²) in [5.74, 6) is 0. The van der Waals surface area contributed by atoms with E-state index in [1.807, 2.05) is 22.6 Å². The molecule has 0 bridgehead atoms. The van der Waals surface area contributed by atoms with Crippen LogP contribution < -0.4 is 0 Å². The molecule has 0 saturated carbocycles. The molecule has 0 amide bonds. The van der Waals surface area contributed by atoms with Gasteiger partial charge < -0.3 is 0 Å². The van der Waals surface area contributed by atoms with E-state index in [9.17, 15) is 13.2 Å². The van der Waals surface area contributed by atoms with Gasteiger partial charge in [0.05, 0.1) is 5.56 Å². The van der Waals surface area contributed by atoms with E-state index in [1.54, 1.807) is 6.07 Å². The van der Waals surface area contributed by atoms with Crippen LogP contribution in [0.3, 0.4) is 0 Å². The minimum atomic E-state index is -4.32. The van der Waals surface area contributed by atoms with Crippen molar-refractivity contribution in [3.8, 4) is 0 Å². The Labute approximate surface area is 97.5 Å². The van der Waals surface area contributed by atoms with E-state index < -0.39 is 11.7 Å². The van der Waals surface area contributed by atoms with Gasteiger partial charge in [-0.1, -0.05) is 12.1 Å². The van der Waals surface area contributed by atoms with Crippen molar-refractivity contribution in [3.63, 3.8) is 0 Å². The Morgan fingerprint density at radius 2 is 1.80 bits per heavy atom. The predicted octanol–water partition coefficient (Wildman–Crippen LogP) is 3.86. The number of pyridine rings is 1. The number of nitrogens with zero attached hydrogens (tertiary/aromatic N) is 1. The van der Waals surface area contributed by atoms with E-state index in [1.165, 1.54) is 18.3 Å². The van der Waals surface area contributed by atoms with Crippen molar-refractivity contribution >= 4 is 33.4 Å². The summed E-state index contributed by atoms with van der Waals surface area (Å²) in [6, 6.07) is 5.51. The summed E-state index contributed by atoms with van der Waals surface area (Å²) in [6.07, 6.45) is -2.93. The zero-order valence-corrected chi connectivity index (χ0v) is 9.50. The van der Waals surface area contributed by atoms with Gasteiger partial charge in [-0.15, -0.1) is 0 Å². The number of fused-ring (bicyclic) bond motifs is 1. The van der Waals surface area contributed by atoms with Crippen LogP contribution >= 0.6 is 22.6 Å². The molecule has 1 aromatic heterocycles. The molecule has 0 aliphatic rings. The molecular formula is C10H5F3IN. The van der Waals surface area contributed by atoms with Gasteiger partial charge in [-0.25, -0.2) is 4.98 Å². The van der Waals surface area contributed by atoms with E-state index in [2.05, 4.69) is 4.98 Å². The molecule has 1 heterocycles. The first-order valence-corrected chi connectivity index (χ1v) is 5.18. The minimum Gasteiger partial charge on any atom is -0.250 e. The monoisotopic (exact) mass is 323 g/mol. The van der Waals surface area contributed by atoms with Crippen molar-refractivity contribution in [2.24, 2.45) is 0 Å². The van der Waals surface area contributed by atoms with Crippen LogP contribution in [0.1, 0.15) is 5.56 Å². The van der Waals surface area contributed by atoms with Crippen LogP contribution in [0.25, 0.3) is 10.8 Å². The van der Waals surface area contributed by atoms with Crippen molar-refractivity contribution < 1.29 is 13.2 Å². The van der Waals surface area contributed by atoms with Gasteiger partial charge in [-0.2, -0.15) is 13.2 Å². The largest absolute Gasteiger partial charge is 0.417 e. The fourth-order valence-electron chi connectivity index (χ4n) is 1.42. The summed E-state index contributed by atoms with van der Waals surface area (Å²) in [4.78, 5) is 3.95. The lowest BCUT2D eigenvalue weighted by molar-refractivity contribution is -0.136. The number of aromatic nitrogens is 1. The number of halogens is 4. The highest BCUT2D eigenvalue weighted by atomic mass is 127. The molecule has 0 N–H and O–H groups in total. The molecule has 0 spiro atoms. The Morgan fingerprint density at radius 3 is 2.47 bits per heavy atom. The molecule has 0 atom stereocenters. The summed E-state index contributed by atoms with van der Waals surface area (Å²) in [5.41, 5.74) is -0.611. The zero-order valence-electron chi connectivity index (χ0n) is 7.35. The zero-order chi connectivity index (χ0) is 11.1. The first-order valence-electron chi connectivity index (χ1n) is 4.10. The predicted molar refractivity (Wildman–Crippen MR) is 59.5 cm³/mol. The van der Waals surface area contributed by atoms with Crippen molar-refractivity contribution in [3.05, 3.63) is 39.7 Å². The third-order valence-corrected chi connectivity index (χ3v) is 2.92. The lowest BCUT2D eigenvalue weighted by Crippen LogP contribution is -2.05. The van der Waals surface area contributed by atoms with E-state index in [4.69, 9.17) is 0 Å². The number of hydrogen-bond donors (Lipinski definition) is 0. The van der Waals surface area contributed by atoms with Crippen LogP contribution in [-0.4, -0.2) is 4.98 Å². The highest BCUT2D eigenvalue weighted by Gasteiger charge is 2.32. The lowest BCUT2D eigenvalue weighted by atomic mass is 10.1. The molecule has 0 radical (unpaired) electrons. The quantitative estimate of drug-likeness (QED) is 0.530. The standard InChI is InChI=1S/C10H5F3IN/c11-10(12,13)8-3-1-2-7-6(8)4-5-15-9(7)14/h1-5H. The molecular weight excluding hydrogens is 318 g/mol. The fraction of sp³-hybridized carbons (Fsp3) is 0.100. The van der Waals surface area contributed by atoms with Gasteiger partial charge in [-0.3, -0.25) is 0 Å². The van der Waals surface area contributed by atoms with Gasteiger partial charge in [0.2, 0.25) is 0 Å². The molecule has 1 nitrogen and oxygen atoms in total. The van der Waals surface area contributed by atoms with Crippen molar-refractivity contribution in [1.82, 2.24) is 4.98 Å². The second kappa shape index (κ2) is 3.62. The van der Waals surface area contributed by atoms with Gasteiger partial charge in [0, 0.05) is 11.6 Å². The molecule has 0 aliphatic heterocycles. The van der Waals surface area contributed by atoms with E-state index in [0.29, 0.717) is 9.09 Å². The van der Waals surface area contributed by atoms with E-state index >= 15 is 0 Å². The summed E-state index contributed by atoms with van der Waals surface area (Å²) < 4.78 is 38.5. The smallest absolute Gasteiger partial charge is 0.250 e. The molecule has 78 valence electrons. The van der Waals surface area contributed by atoms with Crippen LogP contribution in [0.15, 0.2) is 30.5 Å². The van der Waals surface area contributed by atoms with Crippen LogP contribution in [0.2, 0.25) is 0 Å². The second-order valence-corrected chi connectivity index (χ2v) is 4.02. The topological polar surface area (TPSA) is 12.9 Å². The molecule has 0 aliphatic carbocycles. The normalized spacial score (nSPS) is 12.0. The van der Waals surface area contributed by atoms with Gasteiger partial charge in [0.1, 0.15) is 3.70 Å². The molecule has 2 aromatic rings. The number of alkyl halides is 3. The summed E-state index contributed by atoms with van der Waals surface area (Å²) >= 11 is 1.92. The number of benzene rings is 1. The Bertz CT molecular complexity index is 507. The molecule has 15 heavy (non-hydrogen) atoms. The molecule has 0 unspecified atom stereocenters. The van der Waals surface area contributed by atoms with Crippen LogP contribution in [0, 0.1) is 3.70 Å². The van der Waals surface area contributed by atoms with Gasteiger partial charge >= 0.3 is 6.18 Å². The number of rotatable bonds is 0. The third kappa shape index (κ3) is 1.92. The first-order chi connectivity index (χ1) is 7.00. The summed E-state index contributed by atoms with van der Waals surface area (Å²) in [6.45, 7) is 0. The molecule has 1 aromatic carbocycles. The molecule has 5 heteroatoms. The van der Waals surface area contributed by atoms with E-state index in [0.717, 1.165) is 6.07 Å². The minimum absolute atomic E-state index is 0.199. The van der Waals surface area contributed by atoms with Crippen molar-refractivity contribution in [2.45, 2.75) is 6.18 Å². The summed E-state index contributed by atoms with van der Waals surface area (Å²) in [7, 11) is 0. The fourth-order valence-corrected chi connectivity index (χ4v) is 2.05. The first kappa shape index (κ1) is 10.7. The maximum atomic E-state index is 12.6. The van der Waals surface area contributed by atoms with Crippen molar-refractivity contribution in [2.75, 3.05) is 0 Å². The van der Waals surface area contributed by atoms with E-state index in [-0.39, 0.29) is 5.39 Å². The highest BCUT2D eigenvalue weighted by Crippen LogP contribution is 2.35. The summed E-state index contributed by atoms with van der Waals surface area (Å²) in [5, 5.41) is 0.734. The SMILES string of the molecule is FC(F)(F)c1cccc2c(I)nccc12. The van der Waals surface area contributed by atoms with Crippen LogP contribution in [-0.2, 0) is 6.18 Å². The number of hydrogen-bond acceptors (Lipinski definition) is 1. The van der Waals surface area contributed by atoms with Gasteiger partial charge in [0.15, 0.2) is 0 Å². The second-order valence-electron chi connectivity index (χ2n) is 3.00. The highest BCUT2D eigenvalue weighted by molar-refractivity contribution is 14.1.